The average Bonchev–Trinajstić information content (AvgIpc) is 3.24. The molecule has 0 bridgehead atoms. The molecule has 4 aromatic rings. The van der Waals surface area contributed by atoms with Crippen molar-refractivity contribution < 1.29 is 9.18 Å². The molecule has 0 saturated carbocycles. The summed E-state index contributed by atoms with van der Waals surface area (Å²) in [7, 11) is 0. The van der Waals surface area contributed by atoms with Gasteiger partial charge in [0.2, 0.25) is 5.91 Å². The molecule has 0 spiro atoms. The maximum Gasteiger partial charge on any atom is 0.263 e. The molecule has 2 aromatic carbocycles. The second-order valence-electron chi connectivity index (χ2n) is 8.44. The van der Waals surface area contributed by atoms with E-state index in [4.69, 9.17) is 16.6 Å². The lowest BCUT2D eigenvalue weighted by atomic mass is 9.97. The van der Waals surface area contributed by atoms with Gasteiger partial charge in [0.05, 0.1) is 16.2 Å². The summed E-state index contributed by atoms with van der Waals surface area (Å²) >= 11 is 8.65. The summed E-state index contributed by atoms with van der Waals surface area (Å²) in [6.45, 7) is 0.480. The maximum atomic E-state index is 13.7. The number of carbonyl (C=O) groups is 1. The number of amides is 1. The van der Waals surface area contributed by atoms with Crippen LogP contribution in [0.5, 0.6) is 0 Å². The Kier molecular flexibility index (Phi) is 7.22. The van der Waals surface area contributed by atoms with Gasteiger partial charge in [-0.05, 0) is 61.4 Å². The molecule has 5 nitrogen and oxygen atoms in total. The summed E-state index contributed by atoms with van der Waals surface area (Å²) in [6.07, 6.45) is 4.82. The van der Waals surface area contributed by atoms with Gasteiger partial charge in [0.15, 0.2) is 5.16 Å². The van der Waals surface area contributed by atoms with Crippen LogP contribution in [0.25, 0.3) is 10.2 Å². The highest BCUT2D eigenvalue weighted by molar-refractivity contribution is 7.99. The molecule has 0 unspecified atom stereocenters. The second-order valence-corrected chi connectivity index (χ2v) is 10.9. The standard InChI is InChI=1S/C26H23ClFN3O2S2/c27-19-14-17(10-11-20(19)28)29-22(32)15-34-26-30-24-23(18-8-4-5-9-21(18)35-24)25(33)31(26)13-12-16-6-2-1-3-7-16/h1-3,6-7,10-11,14H,4-5,8-9,12-13,15H2,(H,29,32). The molecule has 9 heteroatoms. The van der Waals surface area contributed by atoms with Crippen molar-refractivity contribution in [1.29, 1.82) is 0 Å². The first-order valence-corrected chi connectivity index (χ1v) is 13.6. The summed E-state index contributed by atoms with van der Waals surface area (Å²) in [5.41, 5.74) is 2.68. The van der Waals surface area contributed by atoms with E-state index >= 15 is 0 Å². The number of nitrogens with one attached hydrogen (secondary N) is 1. The van der Waals surface area contributed by atoms with Crippen LogP contribution in [0.3, 0.4) is 0 Å². The first-order chi connectivity index (χ1) is 17.0. The van der Waals surface area contributed by atoms with Gasteiger partial charge in [0.25, 0.3) is 5.56 Å². The minimum atomic E-state index is -0.544. The Morgan fingerprint density at radius 3 is 2.77 bits per heavy atom. The third-order valence-corrected chi connectivity index (χ3v) is 8.49. The van der Waals surface area contributed by atoms with Crippen molar-refractivity contribution >= 4 is 56.5 Å². The lowest BCUT2D eigenvalue weighted by molar-refractivity contribution is -0.113. The first kappa shape index (κ1) is 24.0. The molecular formula is C26H23ClFN3O2S2. The van der Waals surface area contributed by atoms with Crippen molar-refractivity contribution in [2.45, 2.75) is 43.8 Å². The summed E-state index contributed by atoms with van der Waals surface area (Å²) in [4.78, 5) is 33.1. The number of benzene rings is 2. The lowest BCUT2D eigenvalue weighted by Gasteiger charge is -2.14. The molecule has 2 heterocycles. The van der Waals surface area contributed by atoms with Crippen molar-refractivity contribution in [3.8, 4) is 0 Å². The average molecular weight is 528 g/mol. The quantitative estimate of drug-likeness (QED) is 0.233. The van der Waals surface area contributed by atoms with E-state index in [1.54, 1.807) is 15.9 Å². The van der Waals surface area contributed by atoms with Crippen LogP contribution in [0.1, 0.15) is 28.8 Å². The number of aryl methyl sites for hydroxylation is 3. The number of thioether (sulfide) groups is 1. The van der Waals surface area contributed by atoms with Gasteiger partial charge >= 0.3 is 0 Å². The molecule has 35 heavy (non-hydrogen) atoms. The molecule has 1 N–H and O–H groups in total. The Labute approximate surface area is 215 Å². The van der Waals surface area contributed by atoms with Gasteiger partial charge in [0, 0.05) is 17.1 Å². The fourth-order valence-corrected chi connectivity index (χ4v) is 6.62. The molecule has 180 valence electrons. The summed E-state index contributed by atoms with van der Waals surface area (Å²) in [5, 5.41) is 3.94. The van der Waals surface area contributed by atoms with Crippen LogP contribution in [0.2, 0.25) is 5.02 Å². The Morgan fingerprint density at radius 2 is 1.97 bits per heavy atom. The Bertz CT molecular complexity index is 1450. The second kappa shape index (κ2) is 10.5. The minimum Gasteiger partial charge on any atom is -0.325 e. The van der Waals surface area contributed by atoms with Crippen LogP contribution in [-0.4, -0.2) is 21.2 Å². The van der Waals surface area contributed by atoms with Gasteiger partial charge in [0.1, 0.15) is 10.6 Å². The minimum absolute atomic E-state index is 0.0291. The number of fused-ring (bicyclic) bond motifs is 3. The highest BCUT2D eigenvalue weighted by Crippen LogP contribution is 2.34. The van der Waals surface area contributed by atoms with Gasteiger partial charge < -0.3 is 5.32 Å². The normalized spacial score (nSPS) is 13.1. The van der Waals surface area contributed by atoms with Crippen LogP contribution in [0.4, 0.5) is 10.1 Å². The number of anilines is 1. The summed E-state index contributed by atoms with van der Waals surface area (Å²) in [6, 6.07) is 14.0. The molecule has 1 aliphatic rings. The van der Waals surface area contributed by atoms with E-state index in [1.165, 1.54) is 34.8 Å². The highest BCUT2D eigenvalue weighted by atomic mass is 35.5. The van der Waals surface area contributed by atoms with Crippen molar-refractivity contribution in [1.82, 2.24) is 9.55 Å². The molecule has 0 saturated heterocycles. The molecule has 0 fully saturated rings. The molecule has 5 rings (SSSR count). The zero-order chi connectivity index (χ0) is 24.4. The van der Waals surface area contributed by atoms with Crippen molar-refractivity contribution in [3.63, 3.8) is 0 Å². The number of thiophene rings is 1. The number of aromatic nitrogens is 2. The summed E-state index contributed by atoms with van der Waals surface area (Å²) < 4.78 is 15.1. The van der Waals surface area contributed by atoms with Gasteiger partial charge in [-0.25, -0.2) is 9.37 Å². The largest absolute Gasteiger partial charge is 0.325 e. The van der Waals surface area contributed by atoms with E-state index in [0.29, 0.717) is 23.8 Å². The van der Waals surface area contributed by atoms with Gasteiger partial charge in [-0.3, -0.25) is 14.2 Å². The maximum absolute atomic E-state index is 13.7. The number of hydrogen-bond donors (Lipinski definition) is 1. The molecule has 0 aliphatic heterocycles. The van der Waals surface area contributed by atoms with E-state index in [9.17, 15) is 14.0 Å². The van der Waals surface area contributed by atoms with Crippen molar-refractivity contribution in [2.75, 3.05) is 11.1 Å². The van der Waals surface area contributed by atoms with E-state index in [1.807, 2.05) is 30.3 Å². The zero-order valence-electron chi connectivity index (χ0n) is 18.9. The monoisotopic (exact) mass is 527 g/mol. The number of rotatable bonds is 7. The van der Waals surface area contributed by atoms with Gasteiger partial charge in [-0.1, -0.05) is 53.7 Å². The van der Waals surface area contributed by atoms with Gasteiger partial charge in [-0.15, -0.1) is 11.3 Å². The lowest BCUT2D eigenvalue weighted by Crippen LogP contribution is -2.25. The van der Waals surface area contributed by atoms with Gasteiger partial charge in [-0.2, -0.15) is 0 Å². The Balaban J connectivity index is 1.42. The van der Waals surface area contributed by atoms with E-state index in [0.717, 1.165) is 47.0 Å². The molecule has 0 radical (unpaired) electrons. The smallest absolute Gasteiger partial charge is 0.263 e. The topological polar surface area (TPSA) is 64.0 Å². The van der Waals surface area contributed by atoms with E-state index in [2.05, 4.69) is 5.32 Å². The third-order valence-electron chi connectivity index (χ3n) is 6.04. The van der Waals surface area contributed by atoms with Crippen LogP contribution >= 0.6 is 34.7 Å². The molecule has 1 amide bonds. The SMILES string of the molecule is O=C(CSc1nc2sc3c(c2c(=O)n1CCc1ccccc1)CCCC3)Nc1ccc(F)c(Cl)c1. The van der Waals surface area contributed by atoms with Crippen LogP contribution in [0, 0.1) is 5.82 Å². The van der Waals surface area contributed by atoms with Crippen LogP contribution in [0.15, 0.2) is 58.5 Å². The Hall–Kier alpha value is -2.68. The van der Waals surface area contributed by atoms with Crippen molar-refractivity contribution in [3.05, 3.63) is 85.7 Å². The number of nitrogens with zero attached hydrogens (tertiary/aromatic N) is 2. The van der Waals surface area contributed by atoms with E-state index in [-0.39, 0.29) is 22.2 Å². The fraction of sp³-hybridized carbons (Fsp3) is 0.269. The number of hydrogen-bond acceptors (Lipinski definition) is 5. The first-order valence-electron chi connectivity index (χ1n) is 11.5. The molecule has 2 aromatic heterocycles. The van der Waals surface area contributed by atoms with E-state index < -0.39 is 5.82 Å². The highest BCUT2D eigenvalue weighted by Gasteiger charge is 2.22. The predicted molar refractivity (Wildman–Crippen MR) is 141 cm³/mol. The number of halogens is 2. The zero-order valence-corrected chi connectivity index (χ0v) is 21.2. The van der Waals surface area contributed by atoms with Crippen molar-refractivity contribution in [2.24, 2.45) is 0 Å². The fourth-order valence-electron chi connectivity index (χ4n) is 4.31. The van der Waals surface area contributed by atoms with Crippen LogP contribution in [-0.2, 0) is 30.6 Å². The third kappa shape index (κ3) is 5.29. The number of carbonyl (C=O) groups excluding carboxylic acids is 1. The molecular weight excluding hydrogens is 505 g/mol. The van der Waals surface area contributed by atoms with Crippen LogP contribution < -0.4 is 10.9 Å². The predicted octanol–water partition coefficient (Wildman–Crippen LogP) is 6.10. The molecule has 0 atom stereocenters. The molecule has 1 aliphatic carbocycles. The Morgan fingerprint density at radius 1 is 1.17 bits per heavy atom. The summed E-state index contributed by atoms with van der Waals surface area (Å²) in [5.74, 6) is -0.770.